The van der Waals surface area contributed by atoms with E-state index in [2.05, 4.69) is 0 Å². The lowest BCUT2D eigenvalue weighted by Gasteiger charge is -2.27. The zero-order valence-corrected chi connectivity index (χ0v) is 11.4. The largest absolute Gasteiger partial charge is 0.480 e. The molecule has 0 aromatic heterocycles. The molecule has 19 heavy (non-hydrogen) atoms. The predicted octanol–water partition coefficient (Wildman–Crippen LogP) is 0.0923. The summed E-state index contributed by atoms with van der Waals surface area (Å²) in [4.78, 5) is 25.0. The van der Waals surface area contributed by atoms with Gasteiger partial charge in [-0.15, -0.1) is 0 Å². The van der Waals surface area contributed by atoms with Crippen molar-refractivity contribution >= 4 is 11.9 Å². The van der Waals surface area contributed by atoms with Gasteiger partial charge in [0.15, 0.2) is 0 Å². The van der Waals surface area contributed by atoms with Crippen LogP contribution in [0.5, 0.6) is 0 Å². The number of amides is 1. The van der Waals surface area contributed by atoms with E-state index < -0.39 is 18.1 Å². The van der Waals surface area contributed by atoms with Crippen LogP contribution in [-0.4, -0.2) is 57.9 Å². The van der Waals surface area contributed by atoms with E-state index in [9.17, 15) is 14.7 Å². The Labute approximate surface area is 112 Å². The number of aliphatic carboxylic acids is 1. The van der Waals surface area contributed by atoms with E-state index in [1.54, 1.807) is 0 Å². The van der Waals surface area contributed by atoms with E-state index in [1.165, 1.54) is 4.90 Å². The zero-order valence-electron chi connectivity index (χ0n) is 11.4. The number of aliphatic hydroxyl groups excluding tert-OH is 1. The summed E-state index contributed by atoms with van der Waals surface area (Å²) >= 11 is 0. The average molecular weight is 271 g/mol. The van der Waals surface area contributed by atoms with Gasteiger partial charge in [-0.3, -0.25) is 4.79 Å². The van der Waals surface area contributed by atoms with E-state index in [0.29, 0.717) is 0 Å². The van der Waals surface area contributed by atoms with Crippen molar-refractivity contribution in [2.75, 3.05) is 6.54 Å². The lowest BCUT2D eigenvalue weighted by Crippen LogP contribution is -2.46. The highest BCUT2D eigenvalue weighted by Gasteiger charge is 2.48. The number of aliphatic hydroxyl groups is 1. The molecule has 6 atom stereocenters. The molecule has 0 radical (unpaired) electrons. The van der Waals surface area contributed by atoms with Gasteiger partial charge in [-0.1, -0.05) is 6.92 Å². The van der Waals surface area contributed by atoms with Crippen molar-refractivity contribution in [2.45, 2.75) is 51.5 Å². The Hall–Kier alpha value is -1.14. The molecule has 0 spiro atoms. The van der Waals surface area contributed by atoms with Crippen LogP contribution >= 0.6 is 0 Å². The first kappa shape index (κ1) is 14.3. The molecule has 2 fully saturated rings. The van der Waals surface area contributed by atoms with Crippen LogP contribution in [0.25, 0.3) is 0 Å². The molecule has 4 unspecified atom stereocenters. The molecule has 2 saturated heterocycles. The van der Waals surface area contributed by atoms with Gasteiger partial charge in [-0.25, -0.2) is 4.79 Å². The fourth-order valence-corrected chi connectivity index (χ4v) is 3.18. The van der Waals surface area contributed by atoms with Crippen molar-refractivity contribution in [1.82, 2.24) is 4.90 Å². The topological polar surface area (TPSA) is 87.1 Å². The first-order valence-corrected chi connectivity index (χ1v) is 6.69. The number of β-amino-alcohol motifs (C(OH)–C–C–N with tert-alkyl or cyclic N) is 1. The Morgan fingerprint density at radius 3 is 2.32 bits per heavy atom. The highest BCUT2D eigenvalue weighted by molar-refractivity contribution is 5.86. The van der Waals surface area contributed by atoms with Crippen LogP contribution in [0.1, 0.15) is 27.2 Å². The third kappa shape index (κ3) is 2.47. The van der Waals surface area contributed by atoms with Gasteiger partial charge in [0.2, 0.25) is 5.91 Å². The standard InChI is InChI=1S/C13H21NO5/c1-6-7(2)19-8(3)11(6)12(16)14-5-9(15)4-10(14)13(17)18/h6-11,15H,4-5H2,1-3H3,(H,17,18)/t6?,7?,8?,9-,10-,11?/m0/s1. The van der Waals surface area contributed by atoms with E-state index in [-0.39, 0.29) is 42.9 Å². The molecule has 0 aromatic carbocycles. The second kappa shape index (κ2) is 5.09. The maximum Gasteiger partial charge on any atom is 0.326 e. The molecule has 0 bridgehead atoms. The Kier molecular flexibility index (Phi) is 3.82. The highest BCUT2D eigenvalue weighted by atomic mass is 16.5. The third-order valence-corrected chi connectivity index (χ3v) is 4.37. The minimum Gasteiger partial charge on any atom is -0.480 e. The molecule has 6 nitrogen and oxygen atoms in total. The monoisotopic (exact) mass is 271 g/mol. The summed E-state index contributed by atoms with van der Waals surface area (Å²) in [5, 5.41) is 18.7. The molecule has 0 aliphatic carbocycles. The summed E-state index contributed by atoms with van der Waals surface area (Å²) in [6, 6.07) is -0.919. The average Bonchev–Trinajstić information content (AvgIpc) is 2.81. The van der Waals surface area contributed by atoms with Gasteiger partial charge < -0.3 is 19.8 Å². The normalized spacial score (nSPS) is 42.6. The summed E-state index contributed by atoms with van der Waals surface area (Å²) in [6.07, 6.45) is -0.882. The maximum absolute atomic E-state index is 12.5. The van der Waals surface area contributed by atoms with Crippen LogP contribution in [-0.2, 0) is 14.3 Å². The number of likely N-dealkylation sites (tertiary alicyclic amines) is 1. The number of ether oxygens (including phenoxy) is 1. The van der Waals surface area contributed by atoms with Gasteiger partial charge in [0.25, 0.3) is 0 Å². The molecular weight excluding hydrogens is 250 g/mol. The molecule has 6 heteroatoms. The van der Waals surface area contributed by atoms with Crippen LogP contribution in [0.15, 0.2) is 0 Å². The molecule has 0 saturated carbocycles. The van der Waals surface area contributed by atoms with Crippen molar-refractivity contribution in [3.05, 3.63) is 0 Å². The van der Waals surface area contributed by atoms with Crippen LogP contribution < -0.4 is 0 Å². The number of carboxylic acid groups (broad SMARTS) is 1. The number of hydrogen-bond donors (Lipinski definition) is 2. The third-order valence-electron chi connectivity index (χ3n) is 4.37. The van der Waals surface area contributed by atoms with Crippen LogP contribution in [0.2, 0.25) is 0 Å². The molecule has 2 aliphatic rings. The van der Waals surface area contributed by atoms with Crippen molar-refractivity contribution in [3.8, 4) is 0 Å². The number of hydrogen-bond acceptors (Lipinski definition) is 4. The number of carbonyl (C=O) groups is 2. The van der Waals surface area contributed by atoms with Gasteiger partial charge in [0.05, 0.1) is 24.2 Å². The number of carboxylic acids is 1. The fourth-order valence-electron chi connectivity index (χ4n) is 3.18. The quantitative estimate of drug-likeness (QED) is 0.743. The first-order chi connectivity index (χ1) is 8.82. The van der Waals surface area contributed by atoms with Crippen molar-refractivity contribution in [2.24, 2.45) is 11.8 Å². The first-order valence-electron chi connectivity index (χ1n) is 6.69. The van der Waals surface area contributed by atoms with E-state index in [1.807, 2.05) is 20.8 Å². The van der Waals surface area contributed by atoms with Gasteiger partial charge in [-0.05, 0) is 19.8 Å². The van der Waals surface area contributed by atoms with Gasteiger partial charge in [-0.2, -0.15) is 0 Å². The van der Waals surface area contributed by atoms with Gasteiger partial charge in [0, 0.05) is 13.0 Å². The molecule has 2 N–H and O–H groups in total. The van der Waals surface area contributed by atoms with Crippen molar-refractivity contribution < 1.29 is 24.5 Å². The minimum atomic E-state index is -1.06. The summed E-state index contributed by atoms with van der Waals surface area (Å²) in [5.41, 5.74) is 0. The highest BCUT2D eigenvalue weighted by Crippen LogP contribution is 2.35. The van der Waals surface area contributed by atoms with E-state index in [0.717, 1.165) is 0 Å². The molecule has 2 aliphatic heterocycles. The minimum absolute atomic E-state index is 0.0141. The molecular formula is C13H21NO5. The summed E-state index contributed by atoms with van der Waals surface area (Å²) in [6.45, 7) is 5.80. The Bertz CT molecular complexity index is 385. The summed E-state index contributed by atoms with van der Waals surface area (Å²) < 4.78 is 5.63. The molecule has 1 amide bonds. The number of rotatable bonds is 2. The smallest absolute Gasteiger partial charge is 0.326 e. The number of nitrogens with zero attached hydrogens (tertiary/aromatic N) is 1. The molecule has 0 aromatic rings. The second-order valence-corrected chi connectivity index (χ2v) is 5.67. The summed E-state index contributed by atoms with van der Waals surface area (Å²) in [7, 11) is 0. The van der Waals surface area contributed by atoms with E-state index >= 15 is 0 Å². The zero-order chi connectivity index (χ0) is 14.3. The molecule has 108 valence electrons. The van der Waals surface area contributed by atoms with Crippen molar-refractivity contribution in [3.63, 3.8) is 0 Å². The molecule has 2 rings (SSSR count). The maximum atomic E-state index is 12.5. The Morgan fingerprint density at radius 1 is 1.21 bits per heavy atom. The number of carbonyl (C=O) groups excluding carboxylic acids is 1. The van der Waals surface area contributed by atoms with E-state index in [4.69, 9.17) is 9.84 Å². The Balaban J connectivity index is 2.17. The fraction of sp³-hybridized carbons (Fsp3) is 0.846. The predicted molar refractivity (Wildman–Crippen MR) is 66.4 cm³/mol. The molecule has 2 heterocycles. The van der Waals surface area contributed by atoms with Gasteiger partial charge >= 0.3 is 5.97 Å². The van der Waals surface area contributed by atoms with Gasteiger partial charge in [0.1, 0.15) is 6.04 Å². The van der Waals surface area contributed by atoms with Crippen molar-refractivity contribution in [1.29, 1.82) is 0 Å². The lowest BCUT2D eigenvalue weighted by molar-refractivity contribution is -0.151. The summed E-state index contributed by atoms with van der Waals surface area (Å²) in [5.74, 6) is -1.55. The Morgan fingerprint density at radius 2 is 1.84 bits per heavy atom. The van der Waals surface area contributed by atoms with Crippen LogP contribution in [0.4, 0.5) is 0 Å². The van der Waals surface area contributed by atoms with Crippen LogP contribution in [0, 0.1) is 11.8 Å². The lowest BCUT2D eigenvalue weighted by atomic mass is 9.88. The van der Waals surface area contributed by atoms with Crippen LogP contribution in [0.3, 0.4) is 0 Å². The second-order valence-electron chi connectivity index (χ2n) is 5.67. The SMILES string of the molecule is CC1OC(C)C(C(=O)N2C[C@@H](O)C[C@H]2C(=O)O)C1C.